The maximum absolute atomic E-state index is 13.3. The van der Waals surface area contributed by atoms with Crippen molar-refractivity contribution >= 4 is 22.4 Å². The Bertz CT molecular complexity index is 1010. The summed E-state index contributed by atoms with van der Waals surface area (Å²) in [6, 6.07) is 15.8. The molecule has 6 heteroatoms. The Balaban J connectivity index is 1.90. The highest BCUT2D eigenvalue weighted by Crippen LogP contribution is 2.32. The normalized spacial score (nSPS) is 10.8. The molecule has 124 valence electrons. The second-order valence-corrected chi connectivity index (χ2v) is 5.53. The molecule has 2 aromatic carbocycles. The number of ether oxygens (including phenoxy) is 1. The van der Waals surface area contributed by atoms with Gasteiger partial charge in [0.25, 0.3) is 0 Å². The number of H-pyrrole nitrogens is 1. The Morgan fingerprint density at radius 3 is 2.56 bits per heavy atom. The molecule has 0 saturated heterocycles. The number of aromatic amines is 1. The lowest BCUT2D eigenvalue weighted by molar-refractivity contribution is 0.415. The first-order chi connectivity index (χ1) is 12.2. The van der Waals surface area contributed by atoms with Gasteiger partial charge in [-0.1, -0.05) is 0 Å². The van der Waals surface area contributed by atoms with E-state index in [1.54, 1.807) is 25.4 Å². The van der Waals surface area contributed by atoms with Crippen LogP contribution in [0.25, 0.3) is 22.0 Å². The van der Waals surface area contributed by atoms with Gasteiger partial charge in [0.15, 0.2) is 5.82 Å². The van der Waals surface area contributed by atoms with E-state index in [0.29, 0.717) is 11.6 Å². The van der Waals surface area contributed by atoms with Crippen LogP contribution in [0.2, 0.25) is 0 Å². The third-order valence-corrected chi connectivity index (χ3v) is 3.91. The van der Waals surface area contributed by atoms with Gasteiger partial charge in [-0.05, 0) is 53.9 Å². The Kier molecular flexibility index (Phi) is 3.78. The number of halogens is 1. The summed E-state index contributed by atoms with van der Waals surface area (Å²) in [6.07, 6.45) is 1.73. The van der Waals surface area contributed by atoms with Gasteiger partial charge in [0.1, 0.15) is 17.4 Å². The van der Waals surface area contributed by atoms with Gasteiger partial charge in [0.2, 0.25) is 0 Å². The fourth-order valence-corrected chi connectivity index (χ4v) is 2.72. The van der Waals surface area contributed by atoms with Gasteiger partial charge in [-0.3, -0.25) is 5.10 Å². The molecule has 0 aliphatic rings. The molecule has 2 heterocycles. The van der Waals surface area contributed by atoms with Crippen molar-refractivity contribution in [3.05, 3.63) is 66.6 Å². The van der Waals surface area contributed by atoms with Crippen LogP contribution in [0.3, 0.4) is 0 Å². The molecule has 0 aliphatic carbocycles. The monoisotopic (exact) mass is 334 g/mol. The van der Waals surface area contributed by atoms with Crippen molar-refractivity contribution in [1.29, 1.82) is 0 Å². The maximum atomic E-state index is 13.3. The van der Waals surface area contributed by atoms with Gasteiger partial charge in [0.05, 0.1) is 12.8 Å². The molecule has 0 radical (unpaired) electrons. The molecular weight excluding hydrogens is 319 g/mol. The van der Waals surface area contributed by atoms with Crippen molar-refractivity contribution in [2.75, 3.05) is 12.4 Å². The molecule has 2 N–H and O–H groups in total. The molecule has 5 nitrogen and oxygen atoms in total. The van der Waals surface area contributed by atoms with Gasteiger partial charge in [0, 0.05) is 23.2 Å². The molecule has 2 aromatic heterocycles. The van der Waals surface area contributed by atoms with Gasteiger partial charge < -0.3 is 10.1 Å². The van der Waals surface area contributed by atoms with Crippen LogP contribution in [0.15, 0.2) is 60.8 Å². The Hall–Kier alpha value is -3.41. The number of rotatable bonds is 4. The number of nitrogens with one attached hydrogen (secondary N) is 2. The summed E-state index contributed by atoms with van der Waals surface area (Å²) in [5, 5.41) is 11.9. The lowest BCUT2D eigenvalue weighted by Crippen LogP contribution is -1.97. The first-order valence-electron chi connectivity index (χ1n) is 7.74. The molecule has 0 fully saturated rings. The largest absolute Gasteiger partial charge is 0.497 e. The van der Waals surface area contributed by atoms with Crippen LogP contribution in [0, 0.1) is 5.82 Å². The van der Waals surface area contributed by atoms with Gasteiger partial charge in [-0.25, -0.2) is 9.37 Å². The quantitative estimate of drug-likeness (QED) is 0.576. The zero-order chi connectivity index (χ0) is 17.2. The number of methoxy groups -OCH3 is 1. The van der Waals surface area contributed by atoms with Crippen molar-refractivity contribution in [2.45, 2.75) is 0 Å². The number of aromatic nitrogens is 3. The van der Waals surface area contributed by atoms with E-state index in [2.05, 4.69) is 15.5 Å². The van der Waals surface area contributed by atoms with E-state index in [4.69, 9.17) is 9.72 Å². The molecule has 4 aromatic rings. The molecule has 25 heavy (non-hydrogen) atoms. The smallest absolute Gasteiger partial charge is 0.153 e. The van der Waals surface area contributed by atoms with E-state index >= 15 is 0 Å². The number of anilines is 2. The van der Waals surface area contributed by atoms with Crippen molar-refractivity contribution in [2.24, 2.45) is 0 Å². The van der Waals surface area contributed by atoms with Crippen LogP contribution < -0.4 is 10.1 Å². The molecule has 0 bridgehead atoms. The highest BCUT2D eigenvalue weighted by atomic mass is 19.1. The highest BCUT2D eigenvalue weighted by Gasteiger charge is 2.10. The third kappa shape index (κ3) is 3.01. The molecule has 0 atom stereocenters. The van der Waals surface area contributed by atoms with Gasteiger partial charge in [-0.2, -0.15) is 5.10 Å². The van der Waals surface area contributed by atoms with Gasteiger partial charge >= 0.3 is 0 Å². The summed E-state index contributed by atoms with van der Waals surface area (Å²) in [5.41, 5.74) is 1.60. The molecule has 0 saturated carbocycles. The molecule has 0 spiro atoms. The minimum atomic E-state index is -0.277. The van der Waals surface area contributed by atoms with Crippen LogP contribution in [0.5, 0.6) is 5.75 Å². The summed E-state index contributed by atoms with van der Waals surface area (Å²) >= 11 is 0. The van der Waals surface area contributed by atoms with E-state index in [-0.39, 0.29) is 5.82 Å². The number of hydrogen-bond donors (Lipinski definition) is 2. The zero-order valence-electron chi connectivity index (χ0n) is 13.5. The lowest BCUT2D eigenvalue weighted by Gasteiger charge is -2.11. The Morgan fingerprint density at radius 1 is 1.00 bits per heavy atom. The van der Waals surface area contributed by atoms with Gasteiger partial charge in [-0.15, -0.1) is 0 Å². The van der Waals surface area contributed by atoms with Crippen LogP contribution in [-0.4, -0.2) is 22.3 Å². The predicted molar refractivity (Wildman–Crippen MR) is 95.6 cm³/mol. The summed E-state index contributed by atoms with van der Waals surface area (Å²) in [6.45, 7) is 0. The van der Waals surface area contributed by atoms with E-state index in [9.17, 15) is 4.39 Å². The molecular formula is C19H15FN4O. The van der Waals surface area contributed by atoms with E-state index in [0.717, 1.165) is 27.8 Å². The fraction of sp³-hybridized carbons (Fsp3) is 0.0526. The average Bonchev–Trinajstić information content (AvgIpc) is 3.14. The van der Waals surface area contributed by atoms with Crippen LogP contribution in [0.1, 0.15) is 0 Å². The second-order valence-electron chi connectivity index (χ2n) is 5.53. The molecule has 0 unspecified atom stereocenters. The topological polar surface area (TPSA) is 62.8 Å². The summed E-state index contributed by atoms with van der Waals surface area (Å²) in [7, 11) is 1.63. The van der Waals surface area contributed by atoms with Crippen molar-refractivity contribution in [3.8, 4) is 17.0 Å². The van der Waals surface area contributed by atoms with E-state index < -0.39 is 0 Å². The first-order valence-corrected chi connectivity index (χ1v) is 7.74. The average molecular weight is 334 g/mol. The maximum Gasteiger partial charge on any atom is 0.153 e. The Morgan fingerprint density at radius 2 is 1.84 bits per heavy atom. The number of fused-ring (bicyclic) bond motifs is 1. The number of pyridine rings is 1. The van der Waals surface area contributed by atoms with E-state index in [1.165, 1.54) is 12.1 Å². The summed E-state index contributed by atoms with van der Waals surface area (Å²) in [5.74, 6) is 1.79. The third-order valence-electron chi connectivity index (χ3n) is 3.91. The number of hydrogen-bond acceptors (Lipinski definition) is 4. The summed E-state index contributed by atoms with van der Waals surface area (Å²) < 4.78 is 18.6. The minimum absolute atomic E-state index is 0.277. The standard InChI is InChI=1S/C19H15FN4O/c1-25-15-6-7-16-13(10-15)11-18(22-17-8-9-21-24-17)23-19(16)12-2-4-14(20)5-3-12/h2-11H,1H3,(H2,21,22,23,24). The number of nitrogens with zero attached hydrogens (tertiary/aromatic N) is 2. The SMILES string of the molecule is COc1ccc2c(-c3ccc(F)cc3)nc(Nc3cc[nH]n3)cc2c1. The van der Waals surface area contributed by atoms with Crippen LogP contribution >= 0.6 is 0 Å². The van der Waals surface area contributed by atoms with Crippen molar-refractivity contribution in [3.63, 3.8) is 0 Å². The molecule has 4 rings (SSSR count). The van der Waals surface area contributed by atoms with Crippen LogP contribution in [-0.2, 0) is 0 Å². The van der Waals surface area contributed by atoms with E-state index in [1.807, 2.05) is 30.3 Å². The molecule has 0 amide bonds. The Labute approximate surface area is 143 Å². The lowest BCUT2D eigenvalue weighted by atomic mass is 10.0. The second kappa shape index (κ2) is 6.24. The molecule has 0 aliphatic heterocycles. The minimum Gasteiger partial charge on any atom is -0.497 e. The fourth-order valence-electron chi connectivity index (χ4n) is 2.72. The highest BCUT2D eigenvalue weighted by molar-refractivity contribution is 5.97. The van der Waals surface area contributed by atoms with Crippen molar-refractivity contribution < 1.29 is 9.13 Å². The first kappa shape index (κ1) is 15.1. The predicted octanol–water partition coefficient (Wildman–Crippen LogP) is 4.52. The van der Waals surface area contributed by atoms with Crippen LogP contribution in [0.4, 0.5) is 16.0 Å². The number of benzene rings is 2. The van der Waals surface area contributed by atoms with Crippen molar-refractivity contribution in [1.82, 2.24) is 15.2 Å². The zero-order valence-corrected chi connectivity index (χ0v) is 13.5. The summed E-state index contributed by atoms with van der Waals surface area (Å²) in [4.78, 5) is 4.70.